The van der Waals surface area contributed by atoms with Gasteiger partial charge in [-0.1, -0.05) is 117 Å². The van der Waals surface area contributed by atoms with E-state index in [1.165, 1.54) is 116 Å². The van der Waals surface area contributed by atoms with Crippen LogP contribution in [0.3, 0.4) is 0 Å². The summed E-state index contributed by atoms with van der Waals surface area (Å²) in [6.07, 6.45) is 22.5. The Labute approximate surface area is 147 Å². The molecular weight excluding hydrogens is 286 g/mol. The first-order chi connectivity index (χ1) is 10.8. The van der Waals surface area contributed by atoms with E-state index in [4.69, 9.17) is 0 Å². The fourth-order valence-electron chi connectivity index (χ4n) is 2.97. The normalized spacial score (nSPS) is 11.5. The molecule has 0 radical (unpaired) electrons. The molecule has 0 unspecified atom stereocenters. The quantitative estimate of drug-likeness (QED) is 0.202. The van der Waals surface area contributed by atoms with Gasteiger partial charge < -0.3 is 0 Å². The van der Waals surface area contributed by atoms with Gasteiger partial charge >= 0.3 is 0 Å². The molecule has 2 heteroatoms. The molecular formula is C20H43NS. The maximum atomic E-state index is 4.61. The van der Waals surface area contributed by atoms with E-state index in [1.54, 1.807) is 0 Å². The van der Waals surface area contributed by atoms with Gasteiger partial charge in [0, 0.05) is 13.1 Å². The van der Waals surface area contributed by atoms with Crippen molar-refractivity contribution in [3.8, 4) is 0 Å². The standard InChI is InChI=1S/C20H43NS/c1-3-5-7-9-11-13-15-17-19-21(22)20-18-16-14-12-10-8-6-4-2/h22H,3-20H2,1-2H3. The summed E-state index contributed by atoms with van der Waals surface area (Å²) in [6.45, 7) is 6.92. The lowest BCUT2D eigenvalue weighted by molar-refractivity contribution is 0.427. The van der Waals surface area contributed by atoms with Gasteiger partial charge in [-0.2, -0.15) is 0 Å². The molecule has 0 N–H and O–H groups in total. The van der Waals surface area contributed by atoms with Crippen molar-refractivity contribution in [2.24, 2.45) is 0 Å². The van der Waals surface area contributed by atoms with E-state index in [9.17, 15) is 0 Å². The van der Waals surface area contributed by atoms with Crippen molar-refractivity contribution >= 4 is 12.8 Å². The van der Waals surface area contributed by atoms with Crippen LogP contribution in [0.15, 0.2) is 0 Å². The Morgan fingerprint density at radius 1 is 0.455 bits per heavy atom. The predicted molar refractivity (Wildman–Crippen MR) is 106 cm³/mol. The molecule has 0 fully saturated rings. The molecule has 0 aliphatic heterocycles. The molecule has 0 aliphatic rings. The Morgan fingerprint density at radius 2 is 0.727 bits per heavy atom. The maximum Gasteiger partial charge on any atom is 0.00869 e. The van der Waals surface area contributed by atoms with Crippen molar-refractivity contribution in [1.82, 2.24) is 4.31 Å². The second-order valence-electron chi connectivity index (χ2n) is 6.90. The molecule has 0 saturated heterocycles. The lowest BCUT2D eigenvalue weighted by Gasteiger charge is -2.14. The molecule has 0 aromatic carbocycles. The fraction of sp³-hybridized carbons (Fsp3) is 1.00. The Morgan fingerprint density at radius 3 is 1.05 bits per heavy atom. The Hall–Kier alpha value is 0.310. The van der Waals surface area contributed by atoms with Crippen LogP contribution in [0.4, 0.5) is 0 Å². The van der Waals surface area contributed by atoms with Crippen molar-refractivity contribution in [2.45, 2.75) is 117 Å². The molecule has 0 bridgehead atoms. The van der Waals surface area contributed by atoms with Crippen molar-refractivity contribution in [3.63, 3.8) is 0 Å². The zero-order valence-electron chi connectivity index (χ0n) is 15.6. The SMILES string of the molecule is CCCCCCCCCCN(S)CCCCCCCCCC. The monoisotopic (exact) mass is 329 g/mol. The topological polar surface area (TPSA) is 3.24 Å². The van der Waals surface area contributed by atoms with E-state index in [0.717, 1.165) is 0 Å². The summed E-state index contributed by atoms with van der Waals surface area (Å²) in [5.74, 6) is 0. The number of rotatable bonds is 18. The molecule has 0 saturated carbocycles. The predicted octanol–water partition coefficient (Wildman–Crippen LogP) is 7.41. The molecule has 1 nitrogen and oxygen atoms in total. The Balaban J connectivity index is 3.11. The molecule has 0 aromatic heterocycles. The van der Waals surface area contributed by atoms with Crippen LogP contribution in [0.2, 0.25) is 0 Å². The summed E-state index contributed by atoms with van der Waals surface area (Å²) in [4.78, 5) is 0. The fourth-order valence-corrected chi connectivity index (χ4v) is 3.25. The first kappa shape index (κ1) is 22.3. The molecule has 0 rings (SSSR count). The van der Waals surface area contributed by atoms with Gasteiger partial charge in [0.25, 0.3) is 0 Å². The highest BCUT2D eigenvalue weighted by atomic mass is 32.1. The Bertz CT molecular complexity index is 176. The van der Waals surface area contributed by atoms with Crippen LogP contribution in [-0.2, 0) is 0 Å². The summed E-state index contributed by atoms with van der Waals surface area (Å²) in [5.41, 5.74) is 0. The van der Waals surface area contributed by atoms with E-state index in [-0.39, 0.29) is 0 Å². The van der Waals surface area contributed by atoms with E-state index < -0.39 is 0 Å². The molecule has 0 aromatic rings. The molecule has 22 heavy (non-hydrogen) atoms. The molecule has 0 aliphatic carbocycles. The summed E-state index contributed by atoms with van der Waals surface area (Å²) in [7, 11) is 0. The summed E-state index contributed by atoms with van der Waals surface area (Å²) < 4.78 is 2.24. The highest BCUT2D eigenvalue weighted by Crippen LogP contribution is 2.11. The van der Waals surface area contributed by atoms with Crippen LogP contribution in [0.5, 0.6) is 0 Å². The second-order valence-corrected chi connectivity index (χ2v) is 7.47. The number of hydrogen-bond acceptors (Lipinski definition) is 2. The van der Waals surface area contributed by atoms with Crippen LogP contribution >= 0.6 is 12.8 Å². The molecule has 0 heterocycles. The minimum Gasteiger partial charge on any atom is -0.253 e. The van der Waals surface area contributed by atoms with Crippen LogP contribution in [-0.4, -0.2) is 17.4 Å². The van der Waals surface area contributed by atoms with Gasteiger partial charge in [-0.3, -0.25) is 4.31 Å². The van der Waals surface area contributed by atoms with Gasteiger partial charge in [-0.15, -0.1) is 0 Å². The average molecular weight is 330 g/mol. The lowest BCUT2D eigenvalue weighted by atomic mass is 10.1. The summed E-state index contributed by atoms with van der Waals surface area (Å²) in [5, 5.41) is 0. The lowest BCUT2D eigenvalue weighted by Crippen LogP contribution is -2.15. The summed E-state index contributed by atoms with van der Waals surface area (Å²) in [6, 6.07) is 0. The molecule has 0 amide bonds. The minimum atomic E-state index is 1.18. The Kier molecular flexibility index (Phi) is 19.6. The second kappa shape index (κ2) is 19.4. The average Bonchev–Trinajstić information content (AvgIpc) is 2.52. The van der Waals surface area contributed by atoms with Gasteiger partial charge in [0.2, 0.25) is 0 Å². The number of hydrogen-bond donors (Lipinski definition) is 1. The van der Waals surface area contributed by atoms with E-state index >= 15 is 0 Å². The minimum absolute atomic E-state index is 1.18. The van der Waals surface area contributed by atoms with Crippen molar-refractivity contribution in [2.75, 3.05) is 13.1 Å². The van der Waals surface area contributed by atoms with Crippen LogP contribution in [0, 0.1) is 0 Å². The van der Waals surface area contributed by atoms with Crippen molar-refractivity contribution in [3.05, 3.63) is 0 Å². The number of unbranched alkanes of at least 4 members (excludes halogenated alkanes) is 14. The van der Waals surface area contributed by atoms with Gasteiger partial charge in [-0.25, -0.2) is 0 Å². The summed E-state index contributed by atoms with van der Waals surface area (Å²) >= 11 is 4.61. The molecule has 0 atom stereocenters. The zero-order chi connectivity index (χ0) is 16.3. The van der Waals surface area contributed by atoms with E-state index in [1.807, 2.05) is 0 Å². The highest BCUT2D eigenvalue weighted by molar-refractivity contribution is 7.77. The van der Waals surface area contributed by atoms with Crippen molar-refractivity contribution < 1.29 is 0 Å². The van der Waals surface area contributed by atoms with Gasteiger partial charge in [0.05, 0.1) is 0 Å². The van der Waals surface area contributed by atoms with E-state index in [2.05, 4.69) is 31.0 Å². The number of thiol groups is 1. The third kappa shape index (κ3) is 18.4. The van der Waals surface area contributed by atoms with Crippen LogP contribution in [0.1, 0.15) is 117 Å². The largest absolute Gasteiger partial charge is 0.253 e. The van der Waals surface area contributed by atoms with Crippen molar-refractivity contribution in [1.29, 1.82) is 0 Å². The first-order valence-electron chi connectivity index (χ1n) is 10.2. The highest BCUT2D eigenvalue weighted by Gasteiger charge is 1.99. The number of nitrogens with zero attached hydrogens (tertiary/aromatic N) is 1. The zero-order valence-corrected chi connectivity index (χ0v) is 16.5. The maximum absolute atomic E-state index is 4.61. The van der Waals surface area contributed by atoms with Crippen LogP contribution < -0.4 is 0 Å². The van der Waals surface area contributed by atoms with Gasteiger partial charge in [0.15, 0.2) is 0 Å². The molecule has 134 valence electrons. The first-order valence-corrected chi connectivity index (χ1v) is 10.6. The van der Waals surface area contributed by atoms with Gasteiger partial charge in [-0.05, 0) is 12.8 Å². The van der Waals surface area contributed by atoms with Crippen LogP contribution in [0.25, 0.3) is 0 Å². The smallest absolute Gasteiger partial charge is 0.00869 e. The van der Waals surface area contributed by atoms with Gasteiger partial charge in [0.1, 0.15) is 0 Å². The third-order valence-electron chi connectivity index (χ3n) is 4.54. The molecule has 0 spiro atoms. The third-order valence-corrected chi connectivity index (χ3v) is 4.94. The van der Waals surface area contributed by atoms with E-state index in [0.29, 0.717) is 0 Å².